The molecule has 2 rings (SSSR count). The van der Waals surface area contributed by atoms with Crippen LogP contribution in [0, 0.1) is 0 Å². The summed E-state index contributed by atoms with van der Waals surface area (Å²) in [5, 5.41) is 6.07. The van der Waals surface area contributed by atoms with E-state index in [1.54, 1.807) is 24.7 Å². The summed E-state index contributed by atoms with van der Waals surface area (Å²) < 4.78 is 0. The van der Waals surface area contributed by atoms with Crippen LogP contribution in [0.5, 0.6) is 0 Å². The first-order valence-electron chi connectivity index (χ1n) is 6.55. The average molecular weight is 270 g/mol. The normalized spacial score (nSPS) is 10.3. The van der Waals surface area contributed by atoms with E-state index in [9.17, 15) is 4.79 Å². The monoisotopic (exact) mass is 270 g/mol. The number of amides is 1. The minimum atomic E-state index is -0.162. The highest BCUT2D eigenvalue weighted by Gasteiger charge is 2.08. The third-order valence-corrected chi connectivity index (χ3v) is 2.63. The molecule has 2 heterocycles. The molecule has 2 N–H and O–H groups in total. The maximum absolute atomic E-state index is 11.9. The molecule has 2 aromatic rings. The molecule has 0 unspecified atom stereocenters. The molecule has 0 aliphatic carbocycles. The largest absolute Gasteiger partial charge is 0.381 e. The molecule has 104 valence electrons. The van der Waals surface area contributed by atoms with E-state index in [4.69, 9.17) is 0 Å². The van der Waals surface area contributed by atoms with Gasteiger partial charge in [0.1, 0.15) is 5.69 Å². The summed E-state index contributed by atoms with van der Waals surface area (Å²) in [5.41, 5.74) is 2.35. The molecule has 0 saturated heterocycles. The molecule has 0 spiro atoms. The fourth-order valence-corrected chi connectivity index (χ4v) is 1.71. The molecule has 0 aliphatic rings. The van der Waals surface area contributed by atoms with Gasteiger partial charge in [-0.25, -0.2) is 0 Å². The van der Waals surface area contributed by atoms with Crippen molar-refractivity contribution in [3.63, 3.8) is 0 Å². The zero-order chi connectivity index (χ0) is 14.4. The SMILES string of the molecule is CC(C)NC(=O)c1cc(NCc2cccnc2)ccn1. The Kier molecular flexibility index (Phi) is 4.65. The van der Waals surface area contributed by atoms with Gasteiger partial charge in [0.15, 0.2) is 0 Å². The first-order valence-corrected chi connectivity index (χ1v) is 6.55. The molecule has 20 heavy (non-hydrogen) atoms. The summed E-state index contributed by atoms with van der Waals surface area (Å²) in [4.78, 5) is 20.0. The molecular weight excluding hydrogens is 252 g/mol. The number of hydrogen-bond donors (Lipinski definition) is 2. The van der Waals surface area contributed by atoms with Gasteiger partial charge in [-0.2, -0.15) is 0 Å². The second-order valence-electron chi connectivity index (χ2n) is 4.77. The van der Waals surface area contributed by atoms with Gasteiger partial charge >= 0.3 is 0 Å². The Morgan fingerprint density at radius 1 is 1.30 bits per heavy atom. The lowest BCUT2D eigenvalue weighted by Crippen LogP contribution is -2.30. The lowest BCUT2D eigenvalue weighted by Gasteiger charge is -2.10. The fraction of sp³-hybridized carbons (Fsp3) is 0.267. The van der Waals surface area contributed by atoms with Crippen LogP contribution in [0.1, 0.15) is 29.9 Å². The van der Waals surface area contributed by atoms with Gasteiger partial charge < -0.3 is 10.6 Å². The maximum atomic E-state index is 11.9. The van der Waals surface area contributed by atoms with Crippen molar-refractivity contribution in [2.24, 2.45) is 0 Å². The van der Waals surface area contributed by atoms with Gasteiger partial charge in [-0.3, -0.25) is 14.8 Å². The molecular formula is C15H18N4O. The highest BCUT2D eigenvalue weighted by Crippen LogP contribution is 2.10. The maximum Gasteiger partial charge on any atom is 0.270 e. The van der Waals surface area contributed by atoms with Crippen molar-refractivity contribution >= 4 is 11.6 Å². The Morgan fingerprint density at radius 2 is 2.15 bits per heavy atom. The van der Waals surface area contributed by atoms with Crippen molar-refractivity contribution < 1.29 is 4.79 Å². The zero-order valence-corrected chi connectivity index (χ0v) is 11.6. The van der Waals surface area contributed by atoms with E-state index in [2.05, 4.69) is 20.6 Å². The summed E-state index contributed by atoms with van der Waals surface area (Å²) in [7, 11) is 0. The Bertz CT molecular complexity index is 569. The van der Waals surface area contributed by atoms with Gasteiger partial charge in [-0.05, 0) is 37.6 Å². The van der Waals surface area contributed by atoms with Gasteiger partial charge in [0.2, 0.25) is 0 Å². The van der Waals surface area contributed by atoms with Crippen LogP contribution >= 0.6 is 0 Å². The molecule has 0 saturated carbocycles. The lowest BCUT2D eigenvalue weighted by molar-refractivity contribution is 0.0938. The van der Waals surface area contributed by atoms with E-state index < -0.39 is 0 Å². The van der Waals surface area contributed by atoms with Crippen molar-refractivity contribution in [3.8, 4) is 0 Å². The second-order valence-corrected chi connectivity index (χ2v) is 4.77. The highest BCUT2D eigenvalue weighted by molar-refractivity contribution is 5.93. The van der Waals surface area contributed by atoms with Crippen LogP contribution < -0.4 is 10.6 Å². The van der Waals surface area contributed by atoms with Crippen molar-refractivity contribution in [2.75, 3.05) is 5.32 Å². The van der Waals surface area contributed by atoms with Crippen molar-refractivity contribution in [1.29, 1.82) is 0 Å². The quantitative estimate of drug-likeness (QED) is 0.874. The standard InChI is InChI=1S/C15H18N4O/c1-11(2)19-15(20)14-8-13(5-7-17-14)18-10-12-4-3-6-16-9-12/h3-9,11H,10H2,1-2H3,(H,17,18)(H,19,20). The first kappa shape index (κ1) is 14.0. The van der Waals surface area contributed by atoms with E-state index in [1.807, 2.05) is 32.0 Å². The van der Waals surface area contributed by atoms with Crippen molar-refractivity contribution in [3.05, 3.63) is 54.1 Å². The number of carbonyl (C=O) groups is 1. The highest BCUT2D eigenvalue weighted by atomic mass is 16.1. The zero-order valence-electron chi connectivity index (χ0n) is 11.6. The van der Waals surface area contributed by atoms with Crippen LogP contribution in [-0.2, 0) is 6.54 Å². The predicted octanol–water partition coefficient (Wildman–Crippen LogP) is 2.23. The minimum Gasteiger partial charge on any atom is -0.381 e. The van der Waals surface area contributed by atoms with E-state index in [0.29, 0.717) is 12.2 Å². The second kappa shape index (κ2) is 6.65. The molecule has 5 nitrogen and oxygen atoms in total. The Labute approximate surface area is 118 Å². The van der Waals surface area contributed by atoms with Gasteiger partial charge in [0.25, 0.3) is 5.91 Å². The van der Waals surface area contributed by atoms with E-state index >= 15 is 0 Å². The number of pyridine rings is 2. The first-order chi connectivity index (χ1) is 9.65. The van der Waals surface area contributed by atoms with Crippen molar-refractivity contribution in [1.82, 2.24) is 15.3 Å². The average Bonchev–Trinajstić information content (AvgIpc) is 2.46. The number of hydrogen-bond acceptors (Lipinski definition) is 4. The molecule has 0 atom stereocenters. The molecule has 5 heteroatoms. The lowest BCUT2D eigenvalue weighted by atomic mass is 10.2. The predicted molar refractivity (Wildman–Crippen MR) is 78.4 cm³/mol. The summed E-state index contributed by atoms with van der Waals surface area (Å²) in [5.74, 6) is -0.162. The summed E-state index contributed by atoms with van der Waals surface area (Å²) >= 11 is 0. The van der Waals surface area contributed by atoms with E-state index in [0.717, 1.165) is 11.3 Å². The minimum absolute atomic E-state index is 0.0938. The van der Waals surface area contributed by atoms with Crippen LogP contribution in [0.4, 0.5) is 5.69 Å². The third-order valence-electron chi connectivity index (χ3n) is 2.63. The number of aromatic nitrogens is 2. The number of anilines is 1. The van der Waals surface area contributed by atoms with Crippen molar-refractivity contribution in [2.45, 2.75) is 26.4 Å². The molecule has 0 bridgehead atoms. The Morgan fingerprint density at radius 3 is 2.85 bits per heavy atom. The summed E-state index contributed by atoms with van der Waals surface area (Å²) in [6.07, 6.45) is 5.17. The fourth-order valence-electron chi connectivity index (χ4n) is 1.71. The van der Waals surface area contributed by atoms with Crippen LogP contribution in [0.25, 0.3) is 0 Å². The molecule has 0 aromatic carbocycles. The number of carbonyl (C=O) groups excluding carboxylic acids is 1. The third kappa shape index (κ3) is 4.05. The Hall–Kier alpha value is -2.43. The van der Waals surface area contributed by atoms with Gasteiger partial charge in [-0.1, -0.05) is 6.07 Å². The van der Waals surface area contributed by atoms with Gasteiger partial charge in [0.05, 0.1) is 0 Å². The number of nitrogens with one attached hydrogen (secondary N) is 2. The molecule has 1 amide bonds. The molecule has 0 radical (unpaired) electrons. The van der Waals surface area contributed by atoms with Crippen LogP contribution in [0.15, 0.2) is 42.9 Å². The van der Waals surface area contributed by atoms with Crippen LogP contribution in [0.3, 0.4) is 0 Å². The summed E-state index contributed by atoms with van der Waals surface area (Å²) in [6, 6.07) is 7.56. The van der Waals surface area contributed by atoms with Crippen LogP contribution in [0.2, 0.25) is 0 Å². The smallest absolute Gasteiger partial charge is 0.270 e. The number of nitrogens with zero attached hydrogens (tertiary/aromatic N) is 2. The molecule has 0 aliphatic heterocycles. The van der Waals surface area contributed by atoms with Gasteiger partial charge in [0, 0.05) is 36.9 Å². The summed E-state index contributed by atoms with van der Waals surface area (Å²) in [6.45, 7) is 4.49. The van der Waals surface area contributed by atoms with E-state index in [-0.39, 0.29) is 11.9 Å². The van der Waals surface area contributed by atoms with Gasteiger partial charge in [-0.15, -0.1) is 0 Å². The number of rotatable bonds is 5. The molecule has 0 fully saturated rings. The topological polar surface area (TPSA) is 66.9 Å². The van der Waals surface area contributed by atoms with Crippen LogP contribution in [-0.4, -0.2) is 21.9 Å². The molecule has 2 aromatic heterocycles. The van der Waals surface area contributed by atoms with E-state index in [1.165, 1.54) is 0 Å². The Balaban J connectivity index is 2.01.